The summed E-state index contributed by atoms with van der Waals surface area (Å²) in [6, 6.07) is 12.0. The van der Waals surface area contributed by atoms with E-state index in [1.165, 1.54) is 28.9 Å². The first-order chi connectivity index (χ1) is 14.3. The van der Waals surface area contributed by atoms with E-state index in [2.05, 4.69) is 15.4 Å². The molecule has 8 nitrogen and oxygen atoms in total. The number of halogens is 1. The van der Waals surface area contributed by atoms with E-state index in [9.17, 15) is 19.3 Å². The van der Waals surface area contributed by atoms with Crippen LogP contribution in [0, 0.1) is 29.8 Å². The van der Waals surface area contributed by atoms with E-state index in [1.54, 1.807) is 31.2 Å². The predicted molar refractivity (Wildman–Crippen MR) is 110 cm³/mol. The molecule has 0 bridgehead atoms. The van der Waals surface area contributed by atoms with Gasteiger partial charge >= 0.3 is 0 Å². The van der Waals surface area contributed by atoms with Gasteiger partial charge in [-0.15, -0.1) is 0 Å². The third-order valence-corrected chi connectivity index (χ3v) is 4.82. The molecule has 0 fully saturated rings. The number of nitrogens with zero attached hydrogens (tertiary/aromatic N) is 3. The van der Waals surface area contributed by atoms with Crippen LogP contribution in [0.2, 0.25) is 0 Å². The average Bonchev–Trinajstić information content (AvgIpc) is 3.21. The lowest BCUT2D eigenvalue weighted by atomic mass is 10.1. The number of hydrogen-bond acceptors (Lipinski definition) is 4. The van der Waals surface area contributed by atoms with E-state index >= 15 is 0 Å². The molecule has 2 heterocycles. The van der Waals surface area contributed by atoms with Crippen molar-refractivity contribution in [3.63, 3.8) is 0 Å². The van der Waals surface area contributed by atoms with Crippen LogP contribution < -0.4 is 5.32 Å². The number of aryl methyl sites for hydroxylation is 2. The standard InChI is InChI=1S/C21H18FN5O3/c1-12-9-20(26(25-12)15-4-6-16(7-5-15)27(29)30)24-21(28)11-17-13(2)23-19-8-3-14(22)10-18(17)19/h3-10,23H,11H2,1-2H3,(H,24,28). The molecule has 0 unspecified atom stereocenters. The lowest BCUT2D eigenvalue weighted by molar-refractivity contribution is -0.384. The molecular weight excluding hydrogens is 389 g/mol. The highest BCUT2D eigenvalue weighted by atomic mass is 19.1. The number of H-pyrrole nitrogens is 1. The van der Waals surface area contributed by atoms with Crippen molar-refractivity contribution in [3.05, 3.63) is 81.4 Å². The molecule has 0 aliphatic carbocycles. The summed E-state index contributed by atoms with van der Waals surface area (Å²) in [6.07, 6.45) is 0.0553. The van der Waals surface area contributed by atoms with Gasteiger partial charge in [0.25, 0.3) is 5.69 Å². The maximum atomic E-state index is 13.7. The normalized spacial score (nSPS) is 11.0. The van der Waals surface area contributed by atoms with E-state index < -0.39 is 4.92 Å². The fourth-order valence-corrected chi connectivity index (χ4v) is 3.43. The van der Waals surface area contributed by atoms with E-state index in [4.69, 9.17) is 0 Å². The summed E-state index contributed by atoms with van der Waals surface area (Å²) in [5.41, 5.74) is 3.51. The molecule has 2 N–H and O–H groups in total. The number of benzene rings is 2. The van der Waals surface area contributed by atoms with Crippen molar-refractivity contribution in [2.24, 2.45) is 0 Å². The van der Waals surface area contributed by atoms with Crippen LogP contribution in [0.25, 0.3) is 16.6 Å². The molecule has 30 heavy (non-hydrogen) atoms. The number of fused-ring (bicyclic) bond motifs is 1. The molecule has 2 aromatic carbocycles. The van der Waals surface area contributed by atoms with Crippen molar-refractivity contribution in [1.29, 1.82) is 0 Å². The molecule has 4 rings (SSSR count). The smallest absolute Gasteiger partial charge is 0.269 e. The van der Waals surface area contributed by atoms with Crippen molar-refractivity contribution in [2.75, 3.05) is 5.32 Å². The van der Waals surface area contributed by atoms with Crippen LogP contribution in [0.15, 0.2) is 48.5 Å². The Morgan fingerprint density at radius 3 is 2.63 bits per heavy atom. The number of amides is 1. The number of hydrogen-bond donors (Lipinski definition) is 2. The minimum Gasteiger partial charge on any atom is -0.358 e. The number of anilines is 1. The van der Waals surface area contributed by atoms with Crippen molar-refractivity contribution < 1.29 is 14.1 Å². The monoisotopic (exact) mass is 407 g/mol. The highest BCUT2D eigenvalue weighted by molar-refractivity contribution is 5.96. The van der Waals surface area contributed by atoms with Gasteiger partial charge in [0.2, 0.25) is 5.91 Å². The molecule has 9 heteroatoms. The number of aromatic nitrogens is 3. The van der Waals surface area contributed by atoms with Crippen LogP contribution in [0.5, 0.6) is 0 Å². The Bertz CT molecular complexity index is 1270. The Morgan fingerprint density at radius 1 is 1.20 bits per heavy atom. The maximum absolute atomic E-state index is 13.7. The molecule has 2 aromatic heterocycles. The first-order valence-corrected chi connectivity index (χ1v) is 9.20. The van der Waals surface area contributed by atoms with Crippen LogP contribution in [-0.4, -0.2) is 25.6 Å². The number of nitro groups is 1. The summed E-state index contributed by atoms with van der Waals surface area (Å²) in [7, 11) is 0. The zero-order valence-electron chi connectivity index (χ0n) is 16.3. The fraction of sp³-hybridized carbons (Fsp3) is 0.143. The number of nitrogens with one attached hydrogen (secondary N) is 2. The van der Waals surface area contributed by atoms with Crippen molar-refractivity contribution in [2.45, 2.75) is 20.3 Å². The minimum absolute atomic E-state index is 0.0322. The number of rotatable bonds is 5. The molecular formula is C21H18FN5O3. The second-order valence-corrected chi connectivity index (χ2v) is 7.00. The lowest BCUT2D eigenvalue weighted by Gasteiger charge is -2.09. The number of nitro benzene ring substituents is 1. The van der Waals surface area contributed by atoms with Crippen molar-refractivity contribution >= 4 is 28.3 Å². The SMILES string of the molecule is Cc1cc(NC(=O)Cc2c(C)[nH]c3ccc(F)cc23)n(-c2ccc([N+](=O)[O-])cc2)n1. The van der Waals surface area contributed by atoms with Gasteiger partial charge in [-0.05, 0) is 49.7 Å². The van der Waals surface area contributed by atoms with Gasteiger partial charge < -0.3 is 10.3 Å². The van der Waals surface area contributed by atoms with Crippen LogP contribution in [0.3, 0.4) is 0 Å². The molecule has 0 radical (unpaired) electrons. The molecule has 1 amide bonds. The third-order valence-electron chi connectivity index (χ3n) is 4.82. The Kier molecular flexibility index (Phi) is 4.78. The highest BCUT2D eigenvalue weighted by Gasteiger charge is 2.16. The van der Waals surface area contributed by atoms with Crippen LogP contribution in [-0.2, 0) is 11.2 Å². The molecule has 0 aliphatic heterocycles. The summed E-state index contributed by atoms with van der Waals surface area (Å²) in [4.78, 5) is 26.3. The molecule has 4 aromatic rings. The zero-order valence-corrected chi connectivity index (χ0v) is 16.3. The third kappa shape index (κ3) is 3.64. The summed E-state index contributed by atoms with van der Waals surface area (Å²) in [5, 5.41) is 18.7. The van der Waals surface area contributed by atoms with Crippen molar-refractivity contribution in [1.82, 2.24) is 14.8 Å². The molecule has 0 spiro atoms. The van der Waals surface area contributed by atoms with Gasteiger partial charge in [0.05, 0.1) is 22.7 Å². The molecule has 0 atom stereocenters. The van der Waals surface area contributed by atoms with Gasteiger partial charge in [0.1, 0.15) is 11.6 Å². The van der Waals surface area contributed by atoms with Gasteiger partial charge in [-0.3, -0.25) is 14.9 Å². The van der Waals surface area contributed by atoms with Gasteiger partial charge in [-0.2, -0.15) is 5.10 Å². The van der Waals surface area contributed by atoms with Gasteiger partial charge in [0.15, 0.2) is 0 Å². The number of non-ortho nitro benzene ring substituents is 1. The Labute approximate surface area is 170 Å². The van der Waals surface area contributed by atoms with Gasteiger partial charge in [-0.1, -0.05) is 0 Å². The summed E-state index contributed by atoms with van der Waals surface area (Å²) in [5.74, 6) is -0.212. The zero-order chi connectivity index (χ0) is 21.4. The first kappa shape index (κ1) is 19.3. The quantitative estimate of drug-likeness (QED) is 0.382. The minimum atomic E-state index is -0.479. The summed E-state index contributed by atoms with van der Waals surface area (Å²) >= 11 is 0. The number of carbonyl (C=O) groups excluding carboxylic acids is 1. The van der Waals surface area contributed by atoms with Gasteiger partial charge in [0, 0.05) is 34.8 Å². The predicted octanol–water partition coefficient (Wildman–Crippen LogP) is 4.20. The molecule has 0 aliphatic rings. The van der Waals surface area contributed by atoms with Crippen LogP contribution in [0.4, 0.5) is 15.9 Å². The van der Waals surface area contributed by atoms with E-state index in [0.717, 1.165) is 16.8 Å². The van der Waals surface area contributed by atoms with Crippen molar-refractivity contribution in [3.8, 4) is 5.69 Å². The fourth-order valence-electron chi connectivity index (χ4n) is 3.43. The molecule has 152 valence electrons. The molecule has 0 saturated heterocycles. The van der Waals surface area contributed by atoms with Crippen LogP contribution >= 0.6 is 0 Å². The topological polar surface area (TPSA) is 106 Å². The Balaban J connectivity index is 1.60. The van der Waals surface area contributed by atoms with Gasteiger partial charge in [-0.25, -0.2) is 9.07 Å². The lowest BCUT2D eigenvalue weighted by Crippen LogP contribution is -2.17. The average molecular weight is 407 g/mol. The summed E-state index contributed by atoms with van der Waals surface area (Å²) in [6.45, 7) is 3.62. The van der Waals surface area contributed by atoms with Crippen LogP contribution in [0.1, 0.15) is 17.0 Å². The van der Waals surface area contributed by atoms with E-state index in [1.807, 2.05) is 6.92 Å². The largest absolute Gasteiger partial charge is 0.358 e. The van der Waals surface area contributed by atoms with E-state index in [0.29, 0.717) is 22.6 Å². The Hall–Kier alpha value is -4.01. The van der Waals surface area contributed by atoms with E-state index in [-0.39, 0.29) is 23.8 Å². The second-order valence-electron chi connectivity index (χ2n) is 7.00. The second kappa shape index (κ2) is 7.43. The summed E-state index contributed by atoms with van der Waals surface area (Å²) < 4.78 is 15.2. The highest BCUT2D eigenvalue weighted by Crippen LogP contribution is 2.25. The Morgan fingerprint density at radius 2 is 1.93 bits per heavy atom. The molecule has 0 saturated carbocycles. The first-order valence-electron chi connectivity index (χ1n) is 9.20. The number of aromatic amines is 1. The number of carbonyl (C=O) groups is 1. The maximum Gasteiger partial charge on any atom is 0.269 e.